The Kier molecular flexibility index (Phi) is 5.52. The number of hydrogen-bond donors (Lipinski definition) is 0. The van der Waals surface area contributed by atoms with Crippen LogP contribution in [0.3, 0.4) is 0 Å². The van der Waals surface area contributed by atoms with Crippen LogP contribution in [0, 0.1) is 0 Å². The monoisotopic (exact) mass is 515 g/mol. The Labute approximate surface area is 217 Å². The van der Waals surface area contributed by atoms with Gasteiger partial charge in [-0.2, -0.15) is 0 Å². The zero-order valence-corrected chi connectivity index (χ0v) is 20.3. The van der Waals surface area contributed by atoms with E-state index in [0.717, 1.165) is 16.2 Å². The topological polar surface area (TPSA) is 62.7 Å². The summed E-state index contributed by atoms with van der Waals surface area (Å²) in [6, 6.07) is 26.5. The van der Waals surface area contributed by atoms with Gasteiger partial charge in [0.1, 0.15) is 11.5 Å². The number of amides is 2. The van der Waals surface area contributed by atoms with E-state index in [-0.39, 0.29) is 5.02 Å². The lowest BCUT2D eigenvalue weighted by Crippen LogP contribution is -2.46. The Balaban J connectivity index is 1.61. The van der Waals surface area contributed by atoms with Gasteiger partial charge in [-0.25, -0.2) is 9.96 Å². The minimum atomic E-state index is -1.39. The highest BCUT2D eigenvalue weighted by Crippen LogP contribution is 2.57. The van der Waals surface area contributed by atoms with Crippen molar-refractivity contribution in [3.05, 3.63) is 125 Å². The van der Waals surface area contributed by atoms with Crippen molar-refractivity contribution in [2.24, 2.45) is 0 Å². The minimum Gasteiger partial charge on any atom is -0.273 e. The average Bonchev–Trinajstić information content (AvgIpc) is 3.39. The number of imide groups is 1. The van der Waals surface area contributed by atoms with Crippen molar-refractivity contribution in [2.45, 2.75) is 17.6 Å². The molecular formula is C28H19Cl2N3O3. The summed E-state index contributed by atoms with van der Waals surface area (Å²) in [5.41, 5.74) is 1.08. The molecule has 0 N–H and O–H groups in total. The quantitative estimate of drug-likeness (QED) is 0.323. The lowest BCUT2D eigenvalue weighted by Gasteiger charge is -2.35. The number of para-hydroxylation sites is 1. The number of fused-ring (bicyclic) bond motifs is 1. The van der Waals surface area contributed by atoms with Crippen LogP contribution >= 0.6 is 23.2 Å². The molecule has 4 aromatic rings. The van der Waals surface area contributed by atoms with Crippen LogP contribution in [0.1, 0.15) is 17.2 Å². The van der Waals surface area contributed by atoms with Crippen molar-refractivity contribution in [3.8, 4) is 0 Å². The summed E-state index contributed by atoms with van der Waals surface area (Å²) in [5, 5.41) is 2.24. The fourth-order valence-electron chi connectivity index (χ4n) is 5.19. The third-order valence-corrected chi connectivity index (χ3v) is 7.46. The van der Waals surface area contributed by atoms with Crippen molar-refractivity contribution in [1.82, 2.24) is 4.98 Å². The van der Waals surface area contributed by atoms with Crippen LogP contribution in [0.4, 0.5) is 11.4 Å². The number of anilines is 2. The van der Waals surface area contributed by atoms with Gasteiger partial charge in [-0.15, -0.1) is 0 Å². The van der Waals surface area contributed by atoms with E-state index in [9.17, 15) is 9.59 Å². The average molecular weight is 516 g/mol. The van der Waals surface area contributed by atoms with E-state index in [2.05, 4.69) is 4.98 Å². The van der Waals surface area contributed by atoms with Crippen LogP contribution in [0.25, 0.3) is 0 Å². The molecule has 178 valence electrons. The Hall–Kier alpha value is -3.71. The molecule has 36 heavy (non-hydrogen) atoms. The molecule has 2 saturated heterocycles. The number of hydrogen-bond acceptors (Lipinski definition) is 5. The fourth-order valence-corrected chi connectivity index (χ4v) is 5.49. The van der Waals surface area contributed by atoms with Crippen molar-refractivity contribution < 1.29 is 14.4 Å². The van der Waals surface area contributed by atoms with Crippen LogP contribution < -0.4 is 9.96 Å². The summed E-state index contributed by atoms with van der Waals surface area (Å²) in [5.74, 6) is -0.885. The predicted octanol–water partition coefficient (Wildman–Crippen LogP) is 5.76. The van der Waals surface area contributed by atoms with Crippen LogP contribution in [0.2, 0.25) is 10.0 Å². The van der Waals surface area contributed by atoms with E-state index in [4.69, 9.17) is 28.0 Å². The highest BCUT2D eigenvalue weighted by Gasteiger charge is 2.72. The molecule has 1 aromatic heterocycles. The lowest BCUT2D eigenvalue weighted by atomic mass is 9.69. The molecule has 0 aliphatic carbocycles. The Morgan fingerprint density at radius 1 is 0.806 bits per heavy atom. The summed E-state index contributed by atoms with van der Waals surface area (Å²) in [4.78, 5) is 40.5. The first-order valence-electron chi connectivity index (χ1n) is 11.3. The maximum atomic E-state index is 14.6. The first-order valence-corrected chi connectivity index (χ1v) is 12.1. The normalized spacial score (nSPS) is 23.3. The second-order valence-electron chi connectivity index (χ2n) is 8.65. The predicted molar refractivity (Wildman–Crippen MR) is 138 cm³/mol. The molecule has 2 fully saturated rings. The first-order chi connectivity index (χ1) is 17.5. The molecule has 0 radical (unpaired) electrons. The second-order valence-corrected chi connectivity index (χ2v) is 9.46. The SMILES string of the molecule is O=C1C2ON(c3ccccc3)C(c3cccnc3)C2(c2ccccc2)C(=O)N1c1ccc(Cl)c(Cl)c1. The standard InChI is InChI=1S/C28H19Cl2N3O3/c29-22-14-13-21(16-23(22)30)32-26(34)25-28(27(32)35,19-9-3-1-4-10-19)24(18-8-7-15-31-17-18)33(36-25)20-11-5-2-6-12-20/h1-17,24-25H. The molecule has 3 atom stereocenters. The molecule has 3 unspecified atom stereocenters. The number of pyridine rings is 1. The number of aromatic nitrogens is 1. The van der Waals surface area contributed by atoms with Gasteiger partial charge < -0.3 is 0 Å². The first kappa shape index (κ1) is 22.7. The molecule has 2 amide bonds. The minimum absolute atomic E-state index is 0.247. The number of benzene rings is 3. The van der Waals surface area contributed by atoms with Crippen LogP contribution in [-0.2, 0) is 19.8 Å². The number of rotatable bonds is 4. The van der Waals surface area contributed by atoms with E-state index < -0.39 is 29.4 Å². The van der Waals surface area contributed by atoms with E-state index in [1.54, 1.807) is 29.6 Å². The highest BCUT2D eigenvalue weighted by atomic mass is 35.5. The molecule has 0 bridgehead atoms. The third kappa shape index (κ3) is 3.26. The van der Waals surface area contributed by atoms with Crippen molar-refractivity contribution in [3.63, 3.8) is 0 Å². The molecular weight excluding hydrogens is 497 g/mol. The highest BCUT2D eigenvalue weighted by molar-refractivity contribution is 6.42. The Morgan fingerprint density at radius 3 is 2.19 bits per heavy atom. The summed E-state index contributed by atoms with van der Waals surface area (Å²) in [7, 11) is 0. The second kappa shape index (κ2) is 8.75. The van der Waals surface area contributed by atoms with E-state index >= 15 is 0 Å². The van der Waals surface area contributed by atoms with Gasteiger partial charge in [0.25, 0.3) is 5.91 Å². The van der Waals surface area contributed by atoms with Gasteiger partial charge in [0.15, 0.2) is 6.10 Å². The molecule has 3 heterocycles. The van der Waals surface area contributed by atoms with Crippen molar-refractivity contribution in [2.75, 3.05) is 9.96 Å². The lowest BCUT2D eigenvalue weighted by molar-refractivity contribution is -0.126. The van der Waals surface area contributed by atoms with Gasteiger partial charge in [0, 0.05) is 12.4 Å². The fraction of sp³-hybridized carbons (Fsp3) is 0.107. The van der Waals surface area contributed by atoms with Crippen LogP contribution in [0.5, 0.6) is 0 Å². The largest absolute Gasteiger partial charge is 0.273 e. The molecule has 2 aliphatic rings. The van der Waals surface area contributed by atoms with E-state index in [1.165, 1.54) is 6.07 Å². The number of carbonyl (C=O) groups is 2. The molecule has 6 rings (SSSR count). The van der Waals surface area contributed by atoms with Gasteiger partial charge >= 0.3 is 0 Å². The Bertz CT molecular complexity index is 1450. The third-order valence-electron chi connectivity index (χ3n) is 6.72. The molecule has 0 saturated carbocycles. The summed E-state index contributed by atoms with van der Waals surface area (Å²) >= 11 is 12.4. The molecule has 8 heteroatoms. The summed E-state index contributed by atoms with van der Waals surface area (Å²) in [6.45, 7) is 0. The van der Waals surface area contributed by atoms with Gasteiger partial charge in [-0.1, -0.05) is 77.8 Å². The van der Waals surface area contributed by atoms with E-state index in [1.807, 2.05) is 72.8 Å². The Morgan fingerprint density at radius 2 is 1.53 bits per heavy atom. The molecule has 2 aliphatic heterocycles. The van der Waals surface area contributed by atoms with E-state index in [0.29, 0.717) is 16.3 Å². The maximum absolute atomic E-state index is 14.6. The zero-order chi connectivity index (χ0) is 24.9. The molecule has 6 nitrogen and oxygen atoms in total. The number of hydroxylamine groups is 1. The smallest absolute Gasteiger partial charge is 0.267 e. The maximum Gasteiger partial charge on any atom is 0.267 e. The van der Waals surface area contributed by atoms with Crippen LogP contribution in [-0.4, -0.2) is 22.9 Å². The van der Waals surface area contributed by atoms with Crippen molar-refractivity contribution >= 4 is 46.4 Å². The van der Waals surface area contributed by atoms with Gasteiger partial charge in [-0.3, -0.25) is 19.4 Å². The van der Waals surface area contributed by atoms with Gasteiger partial charge in [0.2, 0.25) is 5.91 Å². The van der Waals surface area contributed by atoms with Crippen molar-refractivity contribution in [1.29, 1.82) is 0 Å². The zero-order valence-electron chi connectivity index (χ0n) is 18.8. The summed E-state index contributed by atoms with van der Waals surface area (Å²) in [6.07, 6.45) is 2.26. The van der Waals surface area contributed by atoms with Gasteiger partial charge in [0.05, 0.1) is 21.4 Å². The molecule has 3 aromatic carbocycles. The summed E-state index contributed by atoms with van der Waals surface area (Å²) < 4.78 is 0. The number of nitrogens with zero attached hydrogens (tertiary/aromatic N) is 3. The van der Waals surface area contributed by atoms with Crippen LogP contribution in [0.15, 0.2) is 103 Å². The number of carbonyl (C=O) groups excluding carboxylic acids is 2. The molecule has 0 spiro atoms. The van der Waals surface area contributed by atoms with Gasteiger partial charge in [-0.05, 0) is 47.5 Å². The number of halogens is 2.